The number of aromatic amines is 1. The highest BCUT2D eigenvalue weighted by molar-refractivity contribution is 5.50. The first-order valence-electron chi connectivity index (χ1n) is 13.5. The quantitative estimate of drug-likeness (QED) is 0.311. The van der Waals surface area contributed by atoms with Crippen molar-refractivity contribution in [3.63, 3.8) is 0 Å². The van der Waals surface area contributed by atoms with Gasteiger partial charge in [0.05, 0.1) is 26.9 Å². The van der Waals surface area contributed by atoms with Gasteiger partial charge in [-0.2, -0.15) is 0 Å². The Balaban J connectivity index is 1.45. The lowest BCUT2D eigenvalue weighted by Crippen LogP contribution is -2.50. The zero-order valence-corrected chi connectivity index (χ0v) is 23.1. The van der Waals surface area contributed by atoms with E-state index < -0.39 is 34.8 Å². The maximum atomic E-state index is 12.6. The number of hydrogen-bond donors (Lipinski definition) is 1. The molecule has 0 saturated carbocycles. The highest BCUT2D eigenvalue weighted by Crippen LogP contribution is 2.50. The monoisotopic (exact) mass is 556 g/mol. The Morgan fingerprint density at radius 2 is 1.46 bits per heavy atom. The van der Waals surface area contributed by atoms with Crippen molar-refractivity contribution in [3.8, 4) is 11.5 Å². The summed E-state index contributed by atoms with van der Waals surface area (Å²) >= 11 is 0. The van der Waals surface area contributed by atoms with Gasteiger partial charge in [0, 0.05) is 18.7 Å². The molecule has 212 valence electrons. The van der Waals surface area contributed by atoms with Gasteiger partial charge < -0.3 is 23.7 Å². The van der Waals surface area contributed by atoms with Crippen molar-refractivity contribution in [1.29, 1.82) is 0 Å². The smallest absolute Gasteiger partial charge is 0.330 e. The standard InChI is InChI=1S/C32H32N2O7/c1-21(31-19-27(39-20-31)29(41-31)34-18-17-28(35)33-30(34)36)40-32(22-7-5-4-6-8-22,23-9-13-25(37-2)14-10-23)24-11-15-26(38-3)16-12-24/h4-18,21,27,29H,19-20H2,1-3H3,(H,33,35,36)/t21-,27?,29?,31?/m0/s1. The fraction of sp³-hybridized carbons (Fsp3) is 0.312. The minimum Gasteiger partial charge on any atom is -0.497 e. The third-order valence-corrected chi connectivity index (χ3v) is 8.16. The van der Waals surface area contributed by atoms with Gasteiger partial charge in [-0.05, 0) is 47.9 Å². The second kappa shape index (κ2) is 10.7. The first-order chi connectivity index (χ1) is 19.9. The van der Waals surface area contributed by atoms with Crippen LogP contribution in [0.1, 0.15) is 36.3 Å². The average molecular weight is 557 g/mol. The Hall–Kier alpha value is -4.18. The van der Waals surface area contributed by atoms with E-state index in [1.54, 1.807) is 14.2 Å². The molecule has 0 amide bonds. The van der Waals surface area contributed by atoms with E-state index in [1.807, 2.05) is 85.8 Å². The molecule has 2 bridgehead atoms. The lowest BCUT2D eigenvalue weighted by molar-refractivity contribution is -0.225. The third kappa shape index (κ3) is 4.65. The van der Waals surface area contributed by atoms with Gasteiger partial charge in [0.2, 0.25) is 0 Å². The molecule has 41 heavy (non-hydrogen) atoms. The number of methoxy groups -OCH3 is 2. The molecule has 4 atom stereocenters. The second-order valence-corrected chi connectivity index (χ2v) is 10.4. The van der Waals surface area contributed by atoms with E-state index in [0.717, 1.165) is 28.2 Å². The van der Waals surface area contributed by atoms with Gasteiger partial charge in [-0.25, -0.2) is 4.79 Å². The molecule has 0 spiro atoms. The molecule has 2 saturated heterocycles. The first-order valence-corrected chi connectivity index (χ1v) is 13.5. The van der Waals surface area contributed by atoms with Crippen LogP contribution < -0.4 is 20.7 Å². The van der Waals surface area contributed by atoms with Crippen molar-refractivity contribution in [2.45, 2.75) is 43.0 Å². The number of hydrogen-bond acceptors (Lipinski definition) is 7. The molecule has 2 fully saturated rings. The number of benzene rings is 3. The molecule has 0 aliphatic carbocycles. The second-order valence-electron chi connectivity index (χ2n) is 10.4. The van der Waals surface area contributed by atoms with Crippen LogP contribution >= 0.6 is 0 Å². The largest absolute Gasteiger partial charge is 0.497 e. The molecule has 9 heteroatoms. The van der Waals surface area contributed by atoms with E-state index in [1.165, 1.54) is 16.8 Å². The van der Waals surface area contributed by atoms with Crippen LogP contribution in [0.5, 0.6) is 11.5 Å². The molecule has 6 rings (SSSR count). The Bertz CT molecular complexity index is 1570. The number of rotatable bonds is 9. The van der Waals surface area contributed by atoms with Crippen LogP contribution in [0.2, 0.25) is 0 Å². The summed E-state index contributed by atoms with van der Waals surface area (Å²) in [6.45, 7) is 2.29. The molecule has 3 aromatic carbocycles. The van der Waals surface area contributed by atoms with Gasteiger partial charge in [0.1, 0.15) is 28.8 Å². The zero-order chi connectivity index (χ0) is 28.6. The predicted molar refractivity (Wildman–Crippen MR) is 151 cm³/mol. The SMILES string of the molecule is COc1ccc(C(O[C@@H](C)C23COC(C2)C(n2ccc(=O)[nH]c2=O)O3)(c2ccccc2)c2ccc(OC)cc2)cc1. The van der Waals surface area contributed by atoms with Crippen molar-refractivity contribution in [3.05, 3.63) is 129 Å². The van der Waals surface area contributed by atoms with Crippen LogP contribution in [0.25, 0.3) is 0 Å². The third-order valence-electron chi connectivity index (χ3n) is 8.16. The van der Waals surface area contributed by atoms with Crippen LogP contribution in [0, 0.1) is 0 Å². The topological polar surface area (TPSA) is 101 Å². The molecule has 9 nitrogen and oxygen atoms in total. The van der Waals surface area contributed by atoms with E-state index in [0.29, 0.717) is 13.0 Å². The summed E-state index contributed by atoms with van der Waals surface area (Å²) in [4.78, 5) is 26.5. The van der Waals surface area contributed by atoms with Gasteiger partial charge >= 0.3 is 5.69 Å². The molecule has 1 N–H and O–H groups in total. The molecule has 2 aliphatic rings. The number of nitrogens with zero attached hydrogens (tertiary/aromatic N) is 1. The zero-order valence-electron chi connectivity index (χ0n) is 23.1. The highest BCUT2D eigenvalue weighted by Gasteiger charge is 2.59. The van der Waals surface area contributed by atoms with E-state index >= 15 is 0 Å². The fourth-order valence-corrected chi connectivity index (χ4v) is 5.93. The van der Waals surface area contributed by atoms with E-state index in [9.17, 15) is 9.59 Å². The minimum atomic E-state index is -1.04. The van der Waals surface area contributed by atoms with Gasteiger partial charge in [-0.15, -0.1) is 0 Å². The van der Waals surface area contributed by atoms with Gasteiger partial charge in [0.15, 0.2) is 6.23 Å². The number of fused-ring (bicyclic) bond motifs is 2. The van der Waals surface area contributed by atoms with Gasteiger partial charge in [-0.3, -0.25) is 14.3 Å². The molecule has 3 unspecified atom stereocenters. The molecule has 1 aromatic heterocycles. The Morgan fingerprint density at radius 1 is 0.878 bits per heavy atom. The number of nitrogens with one attached hydrogen (secondary N) is 1. The minimum absolute atomic E-state index is 0.309. The molecule has 0 radical (unpaired) electrons. The summed E-state index contributed by atoms with van der Waals surface area (Å²) in [5.74, 6) is 1.47. The van der Waals surface area contributed by atoms with Gasteiger partial charge in [-0.1, -0.05) is 54.6 Å². The number of aromatic nitrogens is 2. The Morgan fingerprint density at radius 3 is 2.02 bits per heavy atom. The fourth-order valence-electron chi connectivity index (χ4n) is 5.93. The van der Waals surface area contributed by atoms with Gasteiger partial charge in [0.25, 0.3) is 5.56 Å². The van der Waals surface area contributed by atoms with Crippen LogP contribution in [0.4, 0.5) is 0 Å². The normalized spacial score (nSPS) is 22.4. The summed E-state index contributed by atoms with van der Waals surface area (Å²) in [5.41, 5.74) is -0.141. The summed E-state index contributed by atoms with van der Waals surface area (Å²) < 4.78 is 32.3. The molecule has 4 aromatic rings. The maximum Gasteiger partial charge on any atom is 0.330 e. The summed E-state index contributed by atoms with van der Waals surface area (Å²) in [6.07, 6.45) is 0.434. The van der Waals surface area contributed by atoms with E-state index in [-0.39, 0.29) is 6.10 Å². The van der Waals surface area contributed by atoms with E-state index in [4.69, 9.17) is 23.7 Å². The van der Waals surface area contributed by atoms with Crippen LogP contribution in [0.15, 0.2) is 101 Å². The molecule has 3 heterocycles. The lowest BCUT2D eigenvalue weighted by Gasteiger charge is -2.43. The summed E-state index contributed by atoms with van der Waals surface area (Å²) in [7, 11) is 3.28. The summed E-state index contributed by atoms with van der Waals surface area (Å²) in [5, 5.41) is 0. The van der Waals surface area contributed by atoms with Crippen molar-refractivity contribution in [2.75, 3.05) is 20.8 Å². The average Bonchev–Trinajstić information content (AvgIpc) is 3.61. The van der Waals surface area contributed by atoms with Crippen molar-refractivity contribution >= 4 is 0 Å². The van der Waals surface area contributed by atoms with Crippen molar-refractivity contribution in [2.24, 2.45) is 0 Å². The first kappa shape index (κ1) is 27.0. The molecular formula is C32H32N2O7. The molecular weight excluding hydrogens is 524 g/mol. The van der Waals surface area contributed by atoms with Crippen molar-refractivity contribution in [1.82, 2.24) is 9.55 Å². The van der Waals surface area contributed by atoms with Crippen LogP contribution in [-0.2, 0) is 19.8 Å². The highest BCUT2D eigenvalue weighted by atomic mass is 16.6. The molecule has 2 aliphatic heterocycles. The summed E-state index contributed by atoms with van der Waals surface area (Å²) in [6, 6.07) is 27.0. The number of H-pyrrole nitrogens is 1. The Kier molecular flexibility index (Phi) is 7.03. The van der Waals surface area contributed by atoms with Crippen molar-refractivity contribution < 1.29 is 23.7 Å². The van der Waals surface area contributed by atoms with Crippen LogP contribution in [0.3, 0.4) is 0 Å². The van der Waals surface area contributed by atoms with Crippen LogP contribution in [-0.4, -0.2) is 48.2 Å². The lowest BCUT2D eigenvalue weighted by atomic mass is 9.79. The predicted octanol–water partition coefficient (Wildman–Crippen LogP) is 4.01. The van der Waals surface area contributed by atoms with E-state index in [2.05, 4.69) is 4.98 Å². The maximum absolute atomic E-state index is 12.6. The number of ether oxygens (including phenoxy) is 5. The Labute approximate surface area is 237 Å².